The summed E-state index contributed by atoms with van der Waals surface area (Å²) in [6.45, 7) is 0.751. The fourth-order valence-corrected chi connectivity index (χ4v) is 5.21. The Labute approximate surface area is 207 Å². The highest BCUT2D eigenvalue weighted by Crippen LogP contribution is 2.40. The van der Waals surface area contributed by atoms with Gasteiger partial charge in [0.1, 0.15) is 17.1 Å². The van der Waals surface area contributed by atoms with Crippen LogP contribution in [0.4, 0.5) is 5.69 Å². The van der Waals surface area contributed by atoms with Gasteiger partial charge in [-0.3, -0.25) is 19.2 Å². The van der Waals surface area contributed by atoms with Crippen LogP contribution >= 0.6 is 0 Å². The molecule has 0 N–H and O–H groups in total. The van der Waals surface area contributed by atoms with E-state index >= 15 is 0 Å². The minimum Gasteiger partial charge on any atom is -0.497 e. The first-order chi connectivity index (χ1) is 17.4. The molecule has 3 amide bonds. The Bertz CT molecular complexity index is 1410. The molecule has 36 heavy (non-hydrogen) atoms. The van der Waals surface area contributed by atoms with Gasteiger partial charge in [0.2, 0.25) is 0 Å². The Balaban J connectivity index is 1.18. The van der Waals surface area contributed by atoms with E-state index in [4.69, 9.17) is 9.47 Å². The van der Waals surface area contributed by atoms with Gasteiger partial charge in [-0.1, -0.05) is 12.1 Å². The second-order valence-electron chi connectivity index (χ2n) is 9.26. The van der Waals surface area contributed by atoms with E-state index in [0.717, 1.165) is 4.90 Å². The molecule has 6 rings (SSSR count). The lowest BCUT2D eigenvalue weighted by Gasteiger charge is -2.34. The van der Waals surface area contributed by atoms with Crippen molar-refractivity contribution in [3.05, 3.63) is 89.0 Å². The fourth-order valence-electron chi connectivity index (χ4n) is 5.21. The number of hydrogen-bond acceptors (Lipinski definition) is 6. The fraction of sp³-hybridized carbons (Fsp3) is 0.214. The van der Waals surface area contributed by atoms with Crippen molar-refractivity contribution in [3.63, 3.8) is 0 Å². The van der Waals surface area contributed by atoms with Crippen molar-refractivity contribution in [3.8, 4) is 11.5 Å². The molecular formula is C28H22N2O6. The van der Waals surface area contributed by atoms with E-state index in [0.29, 0.717) is 59.0 Å². The number of ether oxygens (including phenoxy) is 2. The number of Topliss-reactive ketones (excluding diaryl/α,β-unsaturated/α-hetero) is 1. The number of rotatable bonds is 3. The van der Waals surface area contributed by atoms with Crippen molar-refractivity contribution in [1.82, 2.24) is 4.90 Å². The molecule has 3 aromatic carbocycles. The predicted octanol–water partition coefficient (Wildman–Crippen LogP) is 3.75. The zero-order valence-electron chi connectivity index (χ0n) is 19.5. The number of anilines is 1. The lowest BCUT2D eigenvalue weighted by molar-refractivity contribution is 0.0427. The Kier molecular flexibility index (Phi) is 4.93. The number of ketones is 1. The number of fused-ring (bicyclic) bond motifs is 2. The van der Waals surface area contributed by atoms with Crippen LogP contribution in [0.1, 0.15) is 54.3 Å². The first-order valence-corrected chi connectivity index (χ1v) is 11.7. The SMILES string of the molecule is COc1ccc2c(c1)C(=O)CC1(CCN(C(=O)c3ccc(N4C(=O)c5ccccc5C4=O)cc3)C1)O2. The maximum atomic E-state index is 13.2. The van der Waals surface area contributed by atoms with Gasteiger partial charge in [-0.2, -0.15) is 0 Å². The van der Waals surface area contributed by atoms with Gasteiger partial charge in [0.05, 0.1) is 42.5 Å². The zero-order valence-corrected chi connectivity index (χ0v) is 19.5. The van der Waals surface area contributed by atoms with Crippen molar-refractivity contribution < 1.29 is 28.7 Å². The summed E-state index contributed by atoms with van der Waals surface area (Å²) in [7, 11) is 1.55. The van der Waals surface area contributed by atoms with Crippen LogP contribution in [0.2, 0.25) is 0 Å². The lowest BCUT2D eigenvalue weighted by atomic mass is 9.89. The smallest absolute Gasteiger partial charge is 0.266 e. The Morgan fingerprint density at radius 3 is 2.28 bits per heavy atom. The van der Waals surface area contributed by atoms with Gasteiger partial charge in [-0.05, 0) is 54.6 Å². The van der Waals surface area contributed by atoms with Gasteiger partial charge in [0.15, 0.2) is 5.78 Å². The van der Waals surface area contributed by atoms with E-state index in [9.17, 15) is 19.2 Å². The number of carbonyl (C=O) groups excluding carboxylic acids is 4. The number of methoxy groups -OCH3 is 1. The van der Waals surface area contributed by atoms with Gasteiger partial charge in [-0.25, -0.2) is 4.90 Å². The number of hydrogen-bond donors (Lipinski definition) is 0. The van der Waals surface area contributed by atoms with E-state index in [1.807, 2.05) is 0 Å². The van der Waals surface area contributed by atoms with Crippen LogP contribution in [0.25, 0.3) is 0 Å². The average Bonchev–Trinajstić information content (AvgIpc) is 3.42. The van der Waals surface area contributed by atoms with Crippen LogP contribution in [-0.2, 0) is 0 Å². The Morgan fingerprint density at radius 2 is 1.61 bits per heavy atom. The molecule has 0 bridgehead atoms. The molecule has 0 radical (unpaired) electrons. The molecule has 3 aromatic rings. The minimum absolute atomic E-state index is 0.0326. The monoisotopic (exact) mass is 482 g/mol. The molecule has 0 aliphatic carbocycles. The molecule has 1 fully saturated rings. The van der Waals surface area contributed by atoms with Crippen molar-refractivity contribution in [2.75, 3.05) is 25.1 Å². The number of imide groups is 1. The number of carbonyl (C=O) groups is 4. The molecule has 1 saturated heterocycles. The topological polar surface area (TPSA) is 93.2 Å². The van der Waals surface area contributed by atoms with E-state index in [2.05, 4.69) is 0 Å². The van der Waals surface area contributed by atoms with Crippen LogP contribution < -0.4 is 14.4 Å². The van der Waals surface area contributed by atoms with E-state index in [-0.39, 0.29) is 29.9 Å². The maximum absolute atomic E-state index is 13.2. The third kappa shape index (κ3) is 3.37. The summed E-state index contributed by atoms with van der Waals surface area (Å²) in [6.07, 6.45) is 0.735. The standard InChI is InChI=1S/C28H22N2O6/c1-35-19-10-11-24-22(14-19)23(31)15-28(36-24)12-13-29(16-28)25(32)17-6-8-18(9-7-17)30-26(33)20-4-2-3-5-21(20)27(30)34/h2-11,14H,12-13,15-16H2,1H3. The highest BCUT2D eigenvalue weighted by atomic mass is 16.5. The molecule has 8 nitrogen and oxygen atoms in total. The van der Waals surface area contributed by atoms with E-state index in [1.165, 1.54) is 0 Å². The van der Waals surface area contributed by atoms with Crippen LogP contribution in [0.3, 0.4) is 0 Å². The lowest BCUT2D eigenvalue weighted by Crippen LogP contribution is -2.45. The van der Waals surface area contributed by atoms with E-state index < -0.39 is 5.60 Å². The average molecular weight is 482 g/mol. The molecule has 1 atom stereocenters. The molecule has 3 heterocycles. The summed E-state index contributed by atoms with van der Waals surface area (Å²) in [5.41, 5.74) is 1.31. The summed E-state index contributed by atoms with van der Waals surface area (Å²) >= 11 is 0. The van der Waals surface area contributed by atoms with Gasteiger partial charge in [-0.15, -0.1) is 0 Å². The van der Waals surface area contributed by atoms with Gasteiger partial charge < -0.3 is 14.4 Å². The largest absolute Gasteiger partial charge is 0.497 e. The number of likely N-dealkylation sites (tertiary alicyclic amines) is 1. The summed E-state index contributed by atoms with van der Waals surface area (Å²) in [6, 6.07) is 18.3. The molecule has 0 saturated carbocycles. The number of amides is 3. The molecule has 1 spiro atoms. The zero-order chi connectivity index (χ0) is 25.0. The third-order valence-corrected chi connectivity index (χ3v) is 7.07. The minimum atomic E-state index is -0.756. The van der Waals surface area contributed by atoms with Gasteiger partial charge in [0.25, 0.3) is 17.7 Å². The molecule has 8 heteroatoms. The van der Waals surface area contributed by atoms with Gasteiger partial charge in [0, 0.05) is 18.5 Å². The first kappa shape index (κ1) is 22.0. The van der Waals surface area contributed by atoms with Crippen LogP contribution in [0.15, 0.2) is 66.7 Å². The molecule has 3 aliphatic heterocycles. The predicted molar refractivity (Wildman–Crippen MR) is 130 cm³/mol. The van der Waals surface area contributed by atoms with Crippen LogP contribution in [0, 0.1) is 0 Å². The molecular weight excluding hydrogens is 460 g/mol. The molecule has 3 aliphatic rings. The highest BCUT2D eigenvalue weighted by molar-refractivity contribution is 6.34. The van der Waals surface area contributed by atoms with Crippen molar-refractivity contribution in [2.45, 2.75) is 18.4 Å². The Hall–Kier alpha value is -4.46. The molecule has 180 valence electrons. The van der Waals surface area contributed by atoms with Crippen molar-refractivity contribution in [1.29, 1.82) is 0 Å². The number of nitrogens with zero attached hydrogens (tertiary/aromatic N) is 2. The molecule has 0 aromatic heterocycles. The quantitative estimate of drug-likeness (QED) is 0.528. The van der Waals surface area contributed by atoms with Crippen LogP contribution in [0.5, 0.6) is 11.5 Å². The normalized spacial score (nSPS) is 20.4. The second-order valence-corrected chi connectivity index (χ2v) is 9.26. The first-order valence-electron chi connectivity index (χ1n) is 11.7. The summed E-state index contributed by atoms with van der Waals surface area (Å²) in [5.74, 6) is 0.106. The van der Waals surface area contributed by atoms with Crippen molar-refractivity contribution >= 4 is 29.2 Å². The van der Waals surface area contributed by atoms with Crippen molar-refractivity contribution in [2.24, 2.45) is 0 Å². The summed E-state index contributed by atoms with van der Waals surface area (Å²) in [4.78, 5) is 54.4. The third-order valence-electron chi connectivity index (χ3n) is 7.07. The summed E-state index contributed by atoms with van der Waals surface area (Å²) in [5, 5.41) is 0. The second kappa shape index (κ2) is 8.05. The Morgan fingerprint density at radius 1 is 0.917 bits per heavy atom. The molecule has 1 unspecified atom stereocenters. The summed E-state index contributed by atoms with van der Waals surface area (Å²) < 4.78 is 11.5. The number of benzene rings is 3. The van der Waals surface area contributed by atoms with E-state index in [1.54, 1.807) is 78.7 Å². The maximum Gasteiger partial charge on any atom is 0.266 e. The van der Waals surface area contributed by atoms with Gasteiger partial charge >= 0.3 is 0 Å². The van der Waals surface area contributed by atoms with Crippen LogP contribution in [-0.4, -0.2) is 54.2 Å². The highest BCUT2D eigenvalue weighted by Gasteiger charge is 2.47.